The molecule has 0 bridgehead atoms. The molecule has 0 saturated heterocycles. The smallest absolute Gasteiger partial charge is 0.321 e. The van der Waals surface area contributed by atoms with Gasteiger partial charge in [0.2, 0.25) is 0 Å². The molecule has 0 spiro atoms. The highest BCUT2D eigenvalue weighted by Crippen LogP contribution is 2.00. The third-order valence-corrected chi connectivity index (χ3v) is 0.833. The van der Waals surface area contributed by atoms with Crippen LogP contribution in [0, 0.1) is 17.2 Å². The molecule has 0 aliphatic heterocycles. The molecule has 5 heteroatoms. The van der Waals surface area contributed by atoms with Gasteiger partial charge in [0.05, 0.1) is 12.5 Å². The van der Waals surface area contributed by atoms with Gasteiger partial charge in [0, 0.05) is 0 Å². The Morgan fingerprint density at radius 2 is 2.00 bits per heavy atom. The van der Waals surface area contributed by atoms with Crippen LogP contribution in [0.2, 0.25) is 0 Å². The molecule has 0 radical (unpaired) electrons. The Bertz CT molecular complexity index is 192. The van der Waals surface area contributed by atoms with E-state index in [9.17, 15) is 9.59 Å². The Balaban J connectivity index is 4.00. The van der Waals surface area contributed by atoms with Crippen LogP contribution in [0.25, 0.3) is 0 Å². The van der Waals surface area contributed by atoms with E-state index in [1.165, 1.54) is 6.07 Å². The van der Waals surface area contributed by atoms with Gasteiger partial charge < -0.3 is 10.2 Å². The number of nitriles is 1. The molecule has 0 heterocycles. The van der Waals surface area contributed by atoms with Crippen LogP contribution < -0.4 is 0 Å². The molecule has 0 saturated carbocycles. The minimum atomic E-state index is -1.43. The molecule has 54 valence electrons. The van der Waals surface area contributed by atoms with Crippen LogP contribution in [-0.4, -0.2) is 22.2 Å². The zero-order valence-corrected chi connectivity index (χ0v) is 4.94. The maximum absolute atomic E-state index is 9.98. The first-order valence-corrected chi connectivity index (χ1v) is 2.42. The van der Waals surface area contributed by atoms with Crippen molar-refractivity contribution in [1.29, 1.82) is 5.26 Å². The van der Waals surface area contributed by atoms with E-state index in [-0.39, 0.29) is 0 Å². The zero-order chi connectivity index (χ0) is 8.15. The molecule has 0 aromatic heterocycles. The Labute approximate surface area is 56.5 Å². The minimum absolute atomic E-state index is 0.647. The molecule has 0 aromatic carbocycles. The summed E-state index contributed by atoms with van der Waals surface area (Å²) in [6, 6.07) is 1.35. The van der Waals surface area contributed by atoms with Gasteiger partial charge in [-0.3, -0.25) is 9.59 Å². The summed E-state index contributed by atoms with van der Waals surface area (Å²) in [5, 5.41) is 24.2. The number of hydrogen-bond donors (Lipinski definition) is 2. The van der Waals surface area contributed by atoms with Crippen molar-refractivity contribution in [1.82, 2.24) is 0 Å². The van der Waals surface area contributed by atoms with E-state index in [1.54, 1.807) is 0 Å². The van der Waals surface area contributed by atoms with Crippen molar-refractivity contribution >= 4 is 11.9 Å². The fourth-order valence-corrected chi connectivity index (χ4v) is 0.363. The van der Waals surface area contributed by atoms with Gasteiger partial charge in [-0.05, 0) is 0 Å². The lowest BCUT2D eigenvalue weighted by atomic mass is 10.1. The number of rotatable bonds is 3. The van der Waals surface area contributed by atoms with Gasteiger partial charge in [0.1, 0.15) is 0 Å². The van der Waals surface area contributed by atoms with Gasteiger partial charge in [-0.25, -0.2) is 0 Å². The van der Waals surface area contributed by atoms with E-state index < -0.39 is 24.3 Å². The Morgan fingerprint density at radius 1 is 1.50 bits per heavy atom. The molecular weight excluding hydrogens is 138 g/mol. The summed E-state index contributed by atoms with van der Waals surface area (Å²) in [5.41, 5.74) is 0. The molecule has 2 N–H and O–H groups in total. The molecule has 5 nitrogen and oxygen atoms in total. The highest BCUT2D eigenvalue weighted by molar-refractivity contribution is 5.79. The summed E-state index contributed by atoms with van der Waals surface area (Å²) in [4.78, 5) is 19.8. The Hall–Kier alpha value is -1.57. The summed E-state index contributed by atoms with van der Waals surface area (Å²) in [5.74, 6) is -4.11. The summed E-state index contributed by atoms with van der Waals surface area (Å²) >= 11 is 0. The van der Waals surface area contributed by atoms with Crippen LogP contribution in [0.4, 0.5) is 0 Å². The number of aliphatic carboxylic acids is 2. The second-order valence-electron chi connectivity index (χ2n) is 1.62. The average molecular weight is 143 g/mol. The zero-order valence-electron chi connectivity index (χ0n) is 4.94. The number of carbonyl (C=O) groups is 2. The first kappa shape index (κ1) is 8.43. The summed E-state index contributed by atoms with van der Waals surface area (Å²) in [6.07, 6.45) is -0.647. The molecule has 1 atom stereocenters. The predicted octanol–water partition coefficient (Wildman–Crippen LogP) is -0.315. The van der Waals surface area contributed by atoms with Gasteiger partial charge in [-0.1, -0.05) is 0 Å². The first-order chi connectivity index (χ1) is 4.57. The van der Waals surface area contributed by atoms with Crippen LogP contribution in [0.5, 0.6) is 0 Å². The third-order valence-electron chi connectivity index (χ3n) is 0.833. The Morgan fingerprint density at radius 3 is 2.10 bits per heavy atom. The lowest BCUT2D eigenvalue weighted by Gasteiger charge is -1.95. The van der Waals surface area contributed by atoms with Crippen LogP contribution >= 0.6 is 0 Å². The summed E-state index contributed by atoms with van der Waals surface area (Å²) < 4.78 is 0. The standard InChI is InChI=1S/C5H5NO4/c6-2-3(5(9)10)1-4(7)8/h3H,1H2,(H,7,8)(H,9,10). The summed E-state index contributed by atoms with van der Waals surface area (Å²) in [7, 11) is 0. The monoisotopic (exact) mass is 143 g/mol. The van der Waals surface area contributed by atoms with Gasteiger partial charge in [0.15, 0.2) is 5.92 Å². The van der Waals surface area contributed by atoms with E-state index in [4.69, 9.17) is 15.5 Å². The van der Waals surface area contributed by atoms with Gasteiger partial charge in [0.25, 0.3) is 0 Å². The minimum Gasteiger partial charge on any atom is -0.481 e. The predicted molar refractivity (Wildman–Crippen MR) is 29.0 cm³/mol. The lowest BCUT2D eigenvalue weighted by Crippen LogP contribution is -2.15. The molecule has 0 fully saturated rings. The van der Waals surface area contributed by atoms with Crippen LogP contribution in [-0.2, 0) is 9.59 Å². The fourth-order valence-electron chi connectivity index (χ4n) is 0.363. The van der Waals surface area contributed by atoms with Crippen molar-refractivity contribution in [3.8, 4) is 6.07 Å². The second-order valence-corrected chi connectivity index (χ2v) is 1.62. The molecule has 0 aliphatic rings. The van der Waals surface area contributed by atoms with Crippen LogP contribution in [0.15, 0.2) is 0 Å². The normalized spacial score (nSPS) is 11.5. The van der Waals surface area contributed by atoms with Crippen molar-refractivity contribution in [3.63, 3.8) is 0 Å². The molecule has 1 unspecified atom stereocenters. The molecule has 0 amide bonds. The molecular formula is C5H5NO4. The van der Waals surface area contributed by atoms with E-state index in [2.05, 4.69) is 0 Å². The number of carboxylic acid groups (broad SMARTS) is 2. The van der Waals surface area contributed by atoms with E-state index in [1.807, 2.05) is 0 Å². The van der Waals surface area contributed by atoms with Crippen molar-refractivity contribution in [3.05, 3.63) is 0 Å². The Kier molecular flexibility index (Phi) is 2.91. The topological polar surface area (TPSA) is 98.4 Å². The molecule has 10 heavy (non-hydrogen) atoms. The van der Waals surface area contributed by atoms with Gasteiger partial charge in [-0.15, -0.1) is 0 Å². The van der Waals surface area contributed by atoms with Crippen molar-refractivity contribution < 1.29 is 19.8 Å². The average Bonchev–Trinajstić information content (AvgIpc) is 1.81. The quantitative estimate of drug-likeness (QED) is 0.564. The number of hydrogen-bond acceptors (Lipinski definition) is 3. The highest BCUT2D eigenvalue weighted by Gasteiger charge is 2.19. The third kappa shape index (κ3) is 2.67. The second kappa shape index (κ2) is 3.45. The fraction of sp³-hybridized carbons (Fsp3) is 0.400. The van der Waals surface area contributed by atoms with E-state index >= 15 is 0 Å². The first-order valence-electron chi connectivity index (χ1n) is 2.42. The van der Waals surface area contributed by atoms with Crippen LogP contribution in [0.3, 0.4) is 0 Å². The van der Waals surface area contributed by atoms with E-state index in [0.29, 0.717) is 0 Å². The summed E-state index contributed by atoms with van der Waals surface area (Å²) in [6.45, 7) is 0. The largest absolute Gasteiger partial charge is 0.481 e. The van der Waals surface area contributed by atoms with Crippen LogP contribution in [0.1, 0.15) is 6.42 Å². The van der Waals surface area contributed by atoms with Gasteiger partial charge in [-0.2, -0.15) is 5.26 Å². The van der Waals surface area contributed by atoms with Gasteiger partial charge >= 0.3 is 11.9 Å². The maximum atomic E-state index is 9.98. The molecule has 0 aromatic rings. The molecule has 0 rings (SSSR count). The van der Waals surface area contributed by atoms with Crippen molar-refractivity contribution in [2.75, 3.05) is 0 Å². The molecule has 0 aliphatic carbocycles. The van der Waals surface area contributed by atoms with Crippen molar-refractivity contribution in [2.24, 2.45) is 5.92 Å². The maximum Gasteiger partial charge on any atom is 0.321 e. The highest BCUT2D eigenvalue weighted by atomic mass is 16.4. The SMILES string of the molecule is N#CC(CC(=O)O)C(=O)O. The number of carboxylic acids is 2. The van der Waals surface area contributed by atoms with Crippen molar-refractivity contribution in [2.45, 2.75) is 6.42 Å². The number of nitrogens with zero attached hydrogens (tertiary/aromatic N) is 1. The lowest BCUT2D eigenvalue weighted by molar-refractivity contribution is -0.146. The van der Waals surface area contributed by atoms with E-state index in [0.717, 1.165) is 0 Å².